The highest BCUT2D eigenvalue weighted by molar-refractivity contribution is 7.16. The standard InChI is InChI=1S/C13H12F3N5S/c1-2-21-6-8(10(20-21)13(14,15)16)5-17-11-9-3-4-22-12(9)19-7-18-11/h3-4,6-7H,2,5H2,1H3,(H,17,18,19). The Bertz CT molecular complexity index is 792. The van der Waals surface area contributed by atoms with E-state index >= 15 is 0 Å². The average Bonchev–Trinajstić information content (AvgIpc) is 3.10. The molecule has 0 unspecified atom stereocenters. The molecular weight excluding hydrogens is 315 g/mol. The van der Waals surface area contributed by atoms with Gasteiger partial charge in [0.1, 0.15) is 17.0 Å². The first-order valence-corrected chi connectivity index (χ1v) is 7.42. The van der Waals surface area contributed by atoms with Crippen molar-refractivity contribution in [2.24, 2.45) is 0 Å². The van der Waals surface area contributed by atoms with Crippen molar-refractivity contribution >= 4 is 27.4 Å². The third kappa shape index (κ3) is 2.76. The molecule has 0 atom stereocenters. The van der Waals surface area contributed by atoms with Crippen molar-refractivity contribution in [2.45, 2.75) is 26.2 Å². The molecule has 5 nitrogen and oxygen atoms in total. The van der Waals surface area contributed by atoms with Gasteiger partial charge < -0.3 is 5.32 Å². The summed E-state index contributed by atoms with van der Waals surface area (Å²) in [5.41, 5.74) is -0.770. The molecule has 3 aromatic rings. The van der Waals surface area contributed by atoms with Crippen LogP contribution in [-0.2, 0) is 19.3 Å². The Labute approximate surface area is 127 Å². The SMILES string of the molecule is CCn1cc(CNc2ncnc3sccc23)c(C(F)(F)F)n1. The fourth-order valence-electron chi connectivity index (χ4n) is 2.10. The molecule has 0 saturated heterocycles. The Kier molecular flexibility index (Phi) is 3.73. The highest BCUT2D eigenvalue weighted by Gasteiger charge is 2.36. The van der Waals surface area contributed by atoms with E-state index in [1.807, 2.05) is 11.4 Å². The van der Waals surface area contributed by atoms with E-state index in [0.29, 0.717) is 12.4 Å². The van der Waals surface area contributed by atoms with E-state index < -0.39 is 11.9 Å². The Balaban J connectivity index is 1.87. The predicted molar refractivity (Wildman–Crippen MR) is 77.6 cm³/mol. The second-order valence-electron chi connectivity index (χ2n) is 4.57. The van der Waals surface area contributed by atoms with E-state index in [1.165, 1.54) is 28.5 Å². The van der Waals surface area contributed by atoms with E-state index in [0.717, 1.165) is 10.2 Å². The number of aryl methyl sites for hydroxylation is 1. The largest absolute Gasteiger partial charge is 0.435 e. The van der Waals surface area contributed by atoms with Gasteiger partial charge in [0.25, 0.3) is 0 Å². The van der Waals surface area contributed by atoms with Gasteiger partial charge >= 0.3 is 6.18 Å². The highest BCUT2D eigenvalue weighted by Crippen LogP contribution is 2.31. The van der Waals surface area contributed by atoms with Crippen molar-refractivity contribution in [2.75, 3.05) is 5.32 Å². The van der Waals surface area contributed by atoms with Crippen LogP contribution in [-0.4, -0.2) is 19.7 Å². The quantitative estimate of drug-likeness (QED) is 0.796. The number of fused-ring (bicyclic) bond motifs is 1. The summed E-state index contributed by atoms with van der Waals surface area (Å²) >= 11 is 1.45. The van der Waals surface area contributed by atoms with Crippen LogP contribution in [0, 0.1) is 0 Å². The highest BCUT2D eigenvalue weighted by atomic mass is 32.1. The van der Waals surface area contributed by atoms with E-state index in [2.05, 4.69) is 20.4 Å². The summed E-state index contributed by atoms with van der Waals surface area (Å²) in [5, 5.41) is 9.18. The van der Waals surface area contributed by atoms with Crippen molar-refractivity contribution in [3.8, 4) is 0 Å². The van der Waals surface area contributed by atoms with E-state index in [9.17, 15) is 13.2 Å². The molecule has 0 radical (unpaired) electrons. The van der Waals surface area contributed by atoms with Gasteiger partial charge in [0.05, 0.1) is 5.39 Å². The van der Waals surface area contributed by atoms with Gasteiger partial charge in [0, 0.05) is 24.8 Å². The lowest BCUT2D eigenvalue weighted by Gasteiger charge is -2.08. The summed E-state index contributed by atoms with van der Waals surface area (Å²) in [6.07, 6.45) is -1.68. The molecule has 0 spiro atoms. The second-order valence-corrected chi connectivity index (χ2v) is 5.47. The fourth-order valence-corrected chi connectivity index (χ4v) is 2.84. The summed E-state index contributed by atoms with van der Waals surface area (Å²) < 4.78 is 40.3. The van der Waals surface area contributed by atoms with Crippen LogP contribution in [0.4, 0.5) is 19.0 Å². The number of nitrogens with one attached hydrogen (secondary N) is 1. The summed E-state index contributed by atoms with van der Waals surface area (Å²) in [4.78, 5) is 8.98. The van der Waals surface area contributed by atoms with Crippen LogP contribution in [0.5, 0.6) is 0 Å². The molecule has 9 heteroatoms. The molecule has 0 amide bonds. The van der Waals surface area contributed by atoms with Crippen LogP contribution in [0.2, 0.25) is 0 Å². The maximum atomic E-state index is 13.0. The van der Waals surface area contributed by atoms with Crippen LogP contribution in [0.25, 0.3) is 10.2 Å². The van der Waals surface area contributed by atoms with E-state index in [1.54, 1.807) is 6.92 Å². The zero-order valence-electron chi connectivity index (χ0n) is 11.6. The molecule has 116 valence electrons. The minimum atomic E-state index is -4.47. The third-order valence-corrected chi connectivity index (χ3v) is 3.96. The first-order chi connectivity index (χ1) is 10.5. The van der Waals surface area contributed by atoms with Gasteiger partial charge in [-0.15, -0.1) is 11.3 Å². The monoisotopic (exact) mass is 327 g/mol. The van der Waals surface area contributed by atoms with Gasteiger partial charge in [-0.05, 0) is 18.4 Å². The maximum absolute atomic E-state index is 13.0. The van der Waals surface area contributed by atoms with Gasteiger partial charge in [-0.25, -0.2) is 9.97 Å². The molecular formula is C13H12F3N5S. The number of aromatic nitrogens is 4. The Hall–Kier alpha value is -2.16. The minimum absolute atomic E-state index is 0.00317. The summed E-state index contributed by atoms with van der Waals surface area (Å²) in [6.45, 7) is 2.12. The topological polar surface area (TPSA) is 55.6 Å². The molecule has 0 saturated carbocycles. The van der Waals surface area contributed by atoms with Crippen molar-refractivity contribution in [1.82, 2.24) is 19.7 Å². The lowest BCUT2D eigenvalue weighted by molar-refractivity contribution is -0.142. The minimum Gasteiger partial charge on any atom is -0.365 e. The zero-order valence-corrected chi connectivity index (χ0v) is 12.4. The average molecular weight is 327 g/mol. The first kappa shape index (κ1) is 14.8. The van der Waals surface area contributed by atoms with Crippen LogP contribution in [0.1, 0.15) is 18.2 Å². The van der Waals surface area contributed by atoms with Gasteiger partial charge in [-0.1, -0.05) is 0 Å². The molecule has 0 aromatic carbocycles. The number of hydrogen-bond donors (Lipinski definition) is 1. The van der Waals surface area contributed by atoms with Crippen LogP contribution in [0.15, 0.2) is 24.0 Å². The number of halogens is 3. The lowest BCUT2D eigenvalue weighted by atomic mass is 10.2. The Morgan fingerprint density at radius 2 is 2.14 bits per heavy atom. The third-order valence-electron chi connectivity index (χ3n) is 3.14. The molecule has 3 aromatic heterocycles. The number of rotatable bonds is 4. The second kappa shape index (κ2) is 5.56. The molecule has 0 aliphatic heterocycles. The smallest absolute Gasteiger partial charge is 0.365 e. The predicted octanol–water partition coefficient (Wildman–Crippen LogP) is 3.54. The normalized spacial score (nSPS) is 12.0. The van der Waals surface area contributed by atoms with Gasteiger partial charge in [0.2, 0.25) is 0 Å². The molecule has 0 fully saturated rings. The molecule has 0 aliphatic rings. The molecule has 22 heavy (non-hydrogen) atoms. The van der Waals surface area contributed by atoms with Crippen LogP contribution >= 0.6 is 11.3 Å². The molecule has 3 rings (SSSR count). The zero-order chi connectivity index (χ0) is 15.7. The van der Waals surface area contributed by atoms with Gasteiger partial charge in [-0.2, -0.15) is 18.3 Å². The van der Waals surface area contributed by atoms with Crippen molar-refractivity contribution in [1.29, 1.82) is 0 Å². The van der Waals surface area contributed by atoms with Crippen molar-refractivity contribution < 1.29 is 13.2 Å². The fraction of sp³-hybridized carbons (Fsp3) is 0.308. The van der Waals surface area contributed by atoms with E-state index in [4.69, 9.17) is 0 Å². The Morgan fingerprint density at radius 3 is 2.86 bits per heavy atom. The van der Waals surface area contributed by atoms with Gasteiger partial charge in [-0.3, -0.25) is 4.68 Å². The molecule has 0 aliphatic carbocycles. The van der Waals surface area contributed by atoms with Crippen molar-refractivity contribution in [3.05, 3.63) is 35.2 Å². The number of thiophene rings is 1. The van der Waals surface area contributed by atoms with Crippen LogP contribution < -0.4 is 5.32 Å². The molecule has 1 N–H and O–H groups in total. The van der Waals surface area contributed by atoms with Crippen LogP contribution in [0.3, 0.4) is 0 Å². The Morgan fingerprint density at radius 1 is 1.32 bits per heavy atom. The number of anilines is 1. The maximum Gasteiger partial charge on any atom is 0.435 e. The van der Waals surface area contributed by atoms with Crippen molar-refractivity contribution in [3.63, 3.8) is 0 Å². The lowest BCUT2D eigenvalue weighted by Crippen LogP contribution is -2.12. The molecule has 0 bridgehead atoms. The van der Waals surface area contributed by atoms with Gasteiger partial charge in [0.15, 0.2) is 5.69 Å². The summed E-state index contributed by atoms with van der Waals surface area (Å²) in [5.74, 6) is 0.517. The van der Waals surface area contributed by atoms with E-state index in [-0.39, 0.29) is 12.1 Å². The summed E-state index contributed by atoms with van der Waals surface area (Å²) in [7, 11) is 0. The number of hydrogen-bond acceptors (Lipinski definition) is 5. The number of nitrogens with zero attached hydrogens (tertiary/aromatic N) is 4. The summed E-state index contributed by atoms with van der Waals surface area (Å²) in [6, 6.07) is 1.84. The molecule has 3 heterocycles. The number of alkyl halides is 3. The first-order valence-electron chi connectivity index (χ1n) is 6.54.